The predicted molar refractivity (Wildman–Crippen MR) is 121 cm³/mol. The average Bonchev–Trinajstić information content (AvgIpc) is 2.78. The number of benzene rings is 3. The fourth-order valence-corrected chi connectivity index (χ4v) is 9.59. The number of carbonyl (C=O) groups excluding carboxylic acids is 1. The van der Waals surface area contributed by atoms with Crippen LogP contribution in [0.4, 0.5) is 13.2 Å². The summed E-state index contributed by atoms with van der Waals surface area (Å²) in [5, 5.41) is 3.04. The minimum absolute atomic E-state index is 0.146. The fourth-order valence-electron chi connectivity index (χ4n) is 4.63. The van der Waals surface area contributed by atoms with E-state index in [0.717, 1.165) is 20.8 Å². The Morgan fingerprint density at radius 2 is 1.19 bits per heavy atom. The molecule has 4 rings (SSSR count). The molecule has 0 saturated carbocycles. The molecular weight excluding hydrogens is 418 g/mol. The van der Waals surface area contributed by atoms with Crippen LogP contribution < -0.4 is 15.9 Å². The smallest absolute Gasteiger partial charge is 0.330 e. The summed E-state index contributed by atoms with van der Waals surface area (Å²) >= 11 is 0. The van der Waals surface area contributed by atoms with Crippen molar-refractivity contribution in [1.82, 2.24) is 4.90 Å². The maximum absolute atomic E-state index is 13.6. The first-order chi connectivity index (χ1) is 14.9. The number of alkyl halides is 3. The Kier molecular flexibility index (Phi) is 6.15. The van der Waals surface area contributed by atoms with Gasteiger partial charge in [0.1, 0.15) is 29.7 Å². The third-order valence-electron chi connectivity index (χ3n) is 5.83. The third kappa shape index (κ3) is 4.24. The van der Waals surface area contributed by atoms with E-state index in [0.29, 0.717) is 12.8 Å². The molecule has 1 atom stereocenters. The molecule has 2 nitrogen and oxygen atoms in total. The van der Waals surface area contributed by atoms with E-state index in [1.807, 2.05) is 91.0 Å². The van der Waals surface area contributed by atoms with Gasteiger partial charge in [-0.05, 0) is 49.2 Å². The molecule has 160 valence electrons. The number of likely N-dealkylation sites (tertiary alicyclic amines) is 1. The molecule has 1 fully saturated rings. The molecule has 0 aromatic heterocycles. The monoisotopic (exact) mass is 442 g/mol. The van der Waals surface area contributed by atoms with Crippen molar-refractivity contribution >= 4 is 29.1 Å². The molecule has 1 aliphatic rings. The van der Waals surface area contributed by atoms with E-state index in [1.165, 1.54) is 0 Å². The molecule has 1 unspecified atom stereocenters. The first-order valence-electron chi connectivity index (χ1n) is 10.3. The Hall–Kier alpha value is -2.65. The van der Waals surface area contributed by atoms with Crippen molar-refractivity contribution in [1.29, 1.82) is 0 Å². The molecule has 0 spiro atoms. The Labute approximate surface area is 181 Å². The van der Waals surface area contributed by atoms with Crippen molar-refractivity contribution in [2.45, 2.75) is 24.7 Å². The van der Waals surface area contributed by atoms with E-state index in [1.54, 1.807) is 0 Å². The molecule has 6 heteroatoms. The Morgan fingerprint density at radius 1 is 0.774 bits per heavy atom. The molecule has 0 radical (unpaired) electrons. The second kappa shape index (κ2) is 8.84. The molecule has 0 bridgehead atoms. The lowest BCUT2D eigenvalue weighted by Gasteiger charge is -2.39. The molecule has 1 saturated heterocycles. The van der Waals surface area contributed by atoms with E-state index < -0.39 is 31.5 Å². The van der Waals surface area contributed by atoms with Crippen molar-refractivity contribution in [3.05, 3.63) is 91.0 Å². The minimum atomic E-state index is -4.41. The second-order valence-corrected chi connectivity index (χ2v) is 11.4. The van der Waals surface area contributed by atoms with Crippen LogP contribution in [-0.2, 0) is 4.79 Å². The van der Waals surface area contributed by atoms with Crippen molar-refractivity contribution in [2.75, 3.05) is 13.1 Å². The largest absolute Gasteiger partial charge is 0.406 e. The van der Waals surface area contributed by atoms with Gasteiger partial charge in [0.15, 0.2) is 5.66 Å². The lowest BCUT2D eigenvalue weighted by atomic mass is 10.1. The summed E-state index contributed by atoms with van der Waals surface area (Å²) in [4.78, 5) is 14.6. The van der Waals surface area contributed by atoms with Gasteiger partial charge < -0.3 is 4.90 Å². The SMILES string of the molecule is O=C1C([P+](c2ccccc2)(c2ccccc2)c2ccccc2)CCCN1CC(F)(F)F. The first-order valence-corrected chi connectivity index (χ1v) is 12.2. The minimum Gasteiger partial charge on any atom is -0.330 e. The highest BCUT2D eigenvalue weighted by atomic mass is 31.2. The van der Waals surface area contributed by atoms with Crippen LogP contribution in [0.2, 0.25) is 0 Å². The zero-order valence-electron chi connectivity index (χ0n) is 17.0. The second-order valence-electron chi connectivity index (χ2n) is 7.76. The number of piperidine rings is 1. The van der Waals surface area contributed by atoms with Crippen LogP contribution in [0.15, 0.2) is 91.0 Å². The number of carbonyl (C=O) groups is 1. The highest BCUT2D eigenvalue weighted by molar-refractivity contribution is 7.96. The van der Waals surface area contributed by atoms with Crippen molar-refractivity contribution < 1.29 is 18.0 Å². The summed E-state index contributed by atoms with van der Waals surface area (Å²) in [6.07, 6.45) is -3.29. The maximum atomic E-state index is 13.6. The topological polar surface area (TPSA) is 20.3 Å². The Morgan fingerprint density at radius 3 is 1.58 bits per heavy atom. The number of nitrogens with zero attached hydrogens (tertiary/aromatic N) is 1. The first kappa shape index (κ1) is 21.6. The highest BCUT2D eigenvalue weighted by Gasteiger charge is 2.57. The summed E-state index contributed by atoms with van der Waals surface area (Å²) in [5.41, 5.74) is -0.532. The molecule has 3 aromatic rings. The molecule has 0 N–H and O–H groups in total. The average molecular weight is 442 g/mol. The van der Waals surface area contributed by atoms with Gasteiger partial charge in [0, 0.05) is 6.54 Å². The molecule has 3 aromatic carbocycles. The summed E-state index contributed by atoms with van der Waals surface area (Å²) in [7, 11) is -2.55. The van der Waals surface area contributed by atoms with Gasteiger partial charge in [-0.3, -0.25) is 4.79 Å². The van der Waals surface area contributed by atoms with Crippen molar-refractivity contribution in [2.24, 2.45) is 0 Å². The third-order valence-corrected chi connectivity index (χ3v) is 10.6. The van der Waals surface area contributed by atoms with E-state index >= 15 is 0 Å². The quantitative estimate of drug-likeness (QED) is 0.532. The van der Waals surface area contributed by atoms with E-state index in [-0.39, 0.29) is 6.54 Å². The van der Waals surface area contributed by atoms with Gasteiger partial charge in [-0.15, -0.1) is 0 Å². The molecule has 0 aliphatic carbocycles. The normalized spacial score (nSPS) is 17.6. The number of rotatable bonds is 5. The number of halogens is 3. The molecule has 1 heterocycles. The van der Waals surface area contributed by atoms with Crippen molar-refractivity contribution in [3.8, 4) is 0 Å². The standard InChI is InChI=1S/C25H24F3NOP/c26-25(27,28)19-29-18-10-17-23(24(29)30)31(20-11-4-1-5-12-20,21-13-6-2-7-14-21)22-15-8-3-9-16-22/h1-9,11-16,23H,10,17-19H2/q+1. The van der Waals surface area contributed by atoms with Gasteiger partial charge in [0.05, 0.1) is 0 Å². The van der Waals surface area contributed by atoms with Crippen molar-refractivity contribution in [3.63, 3.8) is 0 Å². The van der Waals surface area contributed by atoms with E-state index in [2.05, 4.69) is 0 Å². The van der Waals surface area contributed by atoms with E-state index in [4.69, 9.17) is 0 Å². The highest BCUT2D eigenvalue weighted by Crippen LogP contribution is 2.62. The number of hydrogen-bond acceptors (Lipinski definition) is 1. The molecule has 1 amide bonds. The lowest BCUT2D eigenvalue weighted by molar-refractivity contribution is -0.163. The zero-order chi connectivity index (χ0) is 21.9. The van der Waals surface area contributed by atoms with Crippen LogP contribution in [0.3, 0.4) is 0 Å². The van der Waals surface area contributed by atoms with E-state index in [9.17, 15) is 18.0 Å². The maximum Gasteiger partial charge on any atom is 0.406 e. The van der Waals surface area contributed by atoms with Crippen LogP contribution in [0.5, 0.6) is 0 Å². The van der Waals surface area contributed by atoms with Crippen LogP contribution in [-0.4, -0.2) is 35.7 Å². The zero-order valence-corrected chi connectivity index (χ0v) is 17.9. The Bertz CT molecular complexity index is 913. The number of hydrogen-bond donors (Lipinski definition) is 0. The molecule has 1 aliphatic heterocycles. The van der Waals surface area contributed by atoms with Gasteiger partial charge in [-0.1, -0.05) is 54.6 Å². The van der Waals surface area contributed by atoms with Gasteiger partial charge in [0.25, 0.3) is 5.91 Å². The summed E-state index contributed by atoms with van der Waals surface area (Å²) in [6.45, 7) is -1.05. The van der Waals surface area contributed by atoms with Gasteiger partial charge in [-0.25, -0.2) is 0 Å². The van der Waals surface area contributed by atoms with Gasteiger partial charge in [0.2, 0.25) is 0 Å². The molecular formula is C25H24F3NOP+. The predicted octanol–water partition coefficient (Wildman–Crippen LogP) is 4.53. The summed E-state index contributed by atoms with van der Waals surface area (Å²) in [5.74, 6) is -0.395. The molecule has 31 heavy (non-hydrogen) atoms. The lowest BCUT2D eigenvalue weighted by Crippen LogP contribution is -2.53. The van der Waals surface area contributed by atoms with Crippen LogP contribution >= 0.6 is 7.26 Å². The van der Waals surface area contributed by atoms with Crippen LogP contribution in [0.1, 0.15) is 12.8 Å². The van der Waals surface area contributed by atoms with Gasteiger partial charge >= 0.3 is 6.18 Å². The van der Waals surface area contributed by atoms with Gasteiger partial charge in [-0.2, -0.15) is 13.2 Å². The van der Waals surface area contributed by atoms with Crippen LogP contribution in [0, 0.1) is 0 Å². The summed E-state index contributed by atoms with van der Waals surface area (Å²) < 4.78 is 39.7. The van der Waals surface area contributed by atoms with Crippen LogP contribution in [0.25, 0.3) is 0 Å². The fraction of sp³-hybridized carbons (Fsp3) is 0.240. The Balaban J connectivity index is 1.95. The summed E-state index contributed by atoms with van der Waals surface area (Å²) in [6, 6.07) is 29.5. The number of amides is 1.